The molecule has 2 aliphatic rings. The summed E-state index contributed by atoms with van der Waals surface area (Å²) in [5, 5.41) is 0. The molecule has 2 aromatic rings. The van der Waals surface area contributed by atoms with E-state index in [2.05, 4.69) is 62.4 Å². The van der Waals surface area contributed by atoms with Crippen LogP contribution < -0.4 is 0 Å². The first-order valence-electron chi connectivity index (χ1n) is 13.0. The second-order valence-electron chi connectivity index (χ2n) is 10.2. The summed E-state index contributed by atoms with van der Waals surface area (Å²) in [5.74, 6) is 3.50. The van der Waals surface area contributed by atoms with E-state index >= 15 is 0 Å². The second kappa shape index (κ2) is 10.7. The highest BCUT2D eigenvalue weighted by Gasteiger charge is 2.30. The molecule has 162 valence electrons. The summed E-state index contributed by atoms with van der Waals surface area (Å²) >= 11 is 0. The predicted octanol–water partition coefficient (Wildman–Crippen LogP) is 9.50. The molecule has 2 aromatic carbocycles. The third kappa shape index (κ3) is 5.01. The van der Waals surface area contributed by atoms with Crippen LogP contribution in [0.4, 0.5) is 0 Å². The topological polar surface area (TPSA) is 0 Å². The predicted molar refractivity (Wildman–Crippen MR) is 131 cm³/mol. The number of hydrogen-bond donors (Lipinski definition) is 0. The van der Waals surface area contributed by atoms with Crippen molar-refractivity contribution in [2.24, 2.45) is 11.8 Å². The maximum Gasteiger partial charge on any atom is -0.0146 e. The fourth-order valence-corrected chi connectivity index (χ4v) is 6.58. The summed E-state index contributed by atoms with van der Waals surface area (Å²) in [6.07, 6.45) is 16.9. The molecule has 30 heavy (non-hydrogen) atoms. The molecular formula is C30H42. The third-order valence-electron chi connectivity index (χ3n) is 8.16. The number of benzene rings is 2. The Kier molecular flexibility index (Phi) is 7.69. The van der Waals surface area contributed by atoms with Crippen LogP contribution in [0.1, 0.15) is 114 Å². The Labute approximate surface area is 185 Å². The fourth-order valence-electron chi connectivity index (χ4n) is 6.58. The zero-order chi connectivity index (χ0) is 20.8. The maximum absolute atomic E-state index is 2.50. The van der Waals surface area contributed by atoms with Gasteiger partial charge in [-0.05, 0) is 97.3 Å². The van der Waals surface area contributed by atoms with Gasteiger partial charge in [0.25, 0.3) is 0 Å². The van der Waals surface area contributed by atoms with Gasteiger partial charge in [-0.15, -0.1) is 0 Å². The van der Waals surface area contributed by atoms with Crippen molar-refractivity contribution in [1.29, 1.82) is 0 Å². The largest absolute Gasteiger partial charge is 0.0654 e. The maximum atomic E-state index is 2.50. The molecule has 0 atom stereocenters. The molecule has 2 fully saturated rings. The molecule has 0 N–H and O–H groups in total. The van der Waals surface area contributed by atoms with Crippen molar-refractivity contribution in [3.8, 4) is 11.1 Å². The lowest BCUT2D eigenvalue weighted by Crippen LogP contribution is -2.19. The van der Waals surface area contributed by atoms with Gasteiger partial charge < -0.3 is 0 Å². The Morgan fingerprint density at radius 2 is 1.17 bits per heavy atom. The summed E-state index contributed by atoms with van der Waals surface area (Å²) < 4.78 is 0. The zero-order valence-electron chi connectivity index (χ0n) is 19.4. The summed E-state index contributed by atoms with van der Waals surface area (Å²) in [5.41, 5.74) is 6.40. The molecule has 0 unspecified atom stereocenters. The lowest BCUT2D eigenvalue weighted by atomic mass is 9.70. The smallest absolute Gasteiger partial charge is 0.0146 e. The van der Waals surface area contributed by atoms with Crippen LogP contribution in [-0.2, 0) is 0 Å². The van der Waals surface area contributed by atoms with Gasteiger partial charge in [-0.3, -0.25) is 0 Å². The van der Waals surface area contributed by atoms with Gasteiger partial charge in [0.2, 0.25) is 0 Å². The van der Waals surface area contributed by atoms with E-state index in [0.29, 0.717) is 0 Å². The Balaban J connectivity index is 1.63. The van der Waals surface area contributed by atoms with Gasteiger partial charge in [0, 0.05) is 0 Å². The van der Waals surface area contributed by atoms with E-state index in [4.69, 9.17) is 0 Å². The minimum absolute atomic E-state index is 0.762. The van der Waals surface area contributed by atoms with Crippen LogP contribution in [0.2, 0.25) is 0 Å². The molecule has 0 aromatic heterocycles. The lowest BCUT2D eigenvalue weighted by molar-refractivity contribution is 0.296. The lowest BCUT2D eigenvalue weighted by Gasteiger charge is -2.35. The highest BCUT2D eigenvalue weighted by atomic mass is 14.3. The Bertz CT molecular complexity index is 758. The average Bonchev–Trinajstić information content (AvgIpc) is 2.81. The van der Waals surface area contributed by atoms with Crippen molar-refractivity contribution in [3.63, 3.8) is 0 Å². The van der Waals surface area contributed by atoms with Gasteiger partial charge in [0.1, 0.15) is 0 Å². The van der Waals surface area contributed by atoms with Crippen LogP contribution in [-0.4, -0.2) is 0 Å². The quantitative estimate of drug-likeness (QED) is 0.432. The average molecular weight is 403 g/mol. The zero-order valence-corrected chi connectivity index (χ0v) is 19.4. The molecule has 2 aliphatic carbocycles. The summed E-state index contributed by atoms with van der Waals surface area (Å²) in [6, 6.07) is 18.5. The molecular weight excluding hydrogens is 360 g/mol. The van der Waals surface area contributed by atoms with Gasteiger partial charge in [0.15, 0.2) is 0 Å². The molecule has 0 amide bonds. The van der Waals surface area contributed by atoms with Crippen molar-refractivity contribution in [2.45, 2.75) is 103 Å². The van der Waals surface area contributed by atoms with Crippen LogP contribution >= 0.6 is 0 Å². The molecule has 0 radical (unpaired) electrons. The summed E-state index contributed by atoms with van der Waals surface area (Å²) in [7, 11) is 0. The first kappa shape index (κ1) is 21.7. The van der Waals surface area contributed by atoms with Crippen LogP contribution in [0.3, 0.4) is 0 Å². The van der Waals surface area contributed by atoms with Gasteiger partial charge in [-0.2, -0.15) is 0 Å². The molecule has 0 saturated heterocycles. The van der Waals surface area contributed by atoms with Crippen molar-refractivity contribution in [1.82, 2.24) is 0 Å². The van der Waals surface area contributed by atoms with Crippen molar-refractivity contribution in [3.05, 3.63) is 59.7 Å². The standard InChI is InChI=1S/C30H42/c1-3-9-23-15-19-26(20-16-23)29-14-8-13-28(25-11-6-5-7-12-25)30(29)27-21-17-24(10-4-2)18-22-27/h5-8,11-14,23-24,26-27H,3-4,9-10,15-22H2,1-2H3/t23-,24-,26-,27-. The van der Waals surface area contributed by atoms with Crippen LogP contribution in [0.15, 0.2) is 48.5 Å². The van der Waals surface area contributed by atoms with Crippen LogP contribution in [0, 0.1) is 11.8 Å². The van der Waals surface area contributed by atoms with Crippen molar-refractivity contribution < 1.29 is 0 Å². The Morgan fingerprint density at radius 3 is 1.73 bits per heavy atom. The van der Waals surface area contributed by atoms with E-state index in [9.17, 15) is 0 Å². The van der Waals surface area contributed by atoms with Gasteiger partial charge in [-0.1, -0.05) is 88.1 Å². The third-order valence-corrected chi connectivity index (χ3v) is 8.16. The van der Waals surface area contributed by atoms with E-state index < -0.39 is 0 Å². The Hall–Kier alpha value is -1.56. The van der Waals surface area contributed by atoms with Gasteiger partial charge in [-0.25, -0.2) is 0 Å². The fraction of sp³-hybridized carbons (Fsp3) is 0.600. The van der Waals surface area contributed by atoms with Gasteiger partial charge in [0.05, 0.1) is 0 Å². The minimum atomic E-state index is 0.762. The van der Waals surface area contributed by atoms with Crippen molar-refractivity contribution in [2.75, 3.05) is 0 Å². The normalized spacial score (nSPS) is 27.1. The van der Waals surface area contributed by atoms with E-state index in [1.165, 1.54) is 88.2 Å². The highest BCUT2D eigenvalue weighted by molar-refractivity contribution is 5.70. The molecule has 4 rings (SSSR count). The number of hydrogen-bond acceptors (Lipinski definition) is 0. The van der Waals surface area contributed by atoms with E-state index in [1.54, 1.807) is 11.1 Å². The summed E-state index contributed by atoms with van der Waals surface area (Å²) in [4.78, 5) is 0. The first-order valence-corrected chi connectivity index (χ1v) is 13.0. The SMILES string of the molecule is CCC[C@H]1CC[C@H](c2cccc(-c3ccccc3)c2[C@H]2CC[C@H](CCC)CC2)CC1. The summed E-state index contributed by atoms with van der Waals surface area (Å²) in [6.45, 7) is 4.70. The number of rotatable bonds is 7. The highest BCUT2D eigenvalue weighted by Crippen LogP contribution is 2.47. The monoisotopic (exact) mass is 402 g/mol. The molecule has 0 heteroatoms. The Morgan fingerprint density at radius 1 is 0.600 bits per heavy atom. The van der Waals surface area contributed by atoms with E-state index in [0.717, 1.165) is 23.7 Å². The molecule has 2 saturated carbocycles. The molecule has 0 spiro atoms. The second-order valence-corrected chi connectivity index (χ2v) is 10.2. The first-order chi connectivity index (χ1) is 14.8. The minimum Gasteiger partial charge on any atom is -0.0654 e. The van der Waals surface area contributed by atoms with Crippen molar-refractivity contribution >= 4 is 0 Å². The molecule has 0 bridgehead atoms. The molecule has 0 nitrogen and oxygen atoms in total. The van der Waals surface area contributed by atoms with E-state index in [1.807, 2.05) is 0 Å². The van der Waals surface area contributed by atoms with Crippen LogP contribution in [0.5, 0.6) is 0 Å². The molecule has 0 heterocycles. The van der Waals surface area contributed by atoms with Gasteiger partial charge >= 0.3 is 0 Å². The van der Waals surface area contributed by atoms with Crippen LogP contribution in [0.25, 0.3) is 11.1 Å². The van der Waals surface area contributed by atoms with E-state index in [-0.39, 0.29) is 0 Å². The molecule has 0 aliphatic heterocycles.